The summed E-state index contributed by atoms with van der Waals surface area (Å²) < 4.78 is 0. The van der Waals surface area contributed by atoms with Crippen LogP contribution in [0, 0.1) is 22.7 Å². The average Bonchev–Trinajstić information content (AvgIpc) is 3.00. The Morgan fingerprint density at radius 3 is 2.59 bits per heavy atom. The molecule has 3 fully saturated rings. The number of hydrogen-bond acceptors (Lipinski definition) is 3. The average molecular weight is 305 g/mol. The fourth-order valence-corrected chi connectivity index (χ4v) is 4.91. The van der Waals surface area contributed by atoms with E-state index in [1.807, 2.05) is 4.90 Å². The molecule has 22 heavy (non-hydrogen) atoms. The predicted octanol–water partition coefficient (Wildman–Crippen LogP) is 2.57. The first-order valence-electron chi connectivity index (χ1n) is 8.39. The van der Waals surface area contributed by atoms with Crippen molar-refractivity contribution in [1.29, 1.82) is 0 Å². The number of piperidine rings is 1. The van der Waals surface area contributed by atoms with Gasteiger partial charge in [0.05, 0.1) is 6.54 Å². The van der Waals surface area contributed by atoms with Gasteiger partial charge in [-0.05, 0) is 48.3 Å². The Kier molecular flexibility index (Phi) is 3.80. The van der Waals surface area contributed by atoms with E-state index in [2.05, 4.69) is 31.1 Å². The number of nitrogens with one attached hydrogen (secondary N) is 1. The second-order valence-corrected chi connectivity index (χ2v) is 8.77. The minimum atomic E-state index is -0.0374. The molecule has 0 aromatic heterocycles. The quantitative estimate of drug-likeness (QED) is 0.643. The number of urea groups is 1. The maximum Gasteiger partial charge on any atom is 0.317 e. The summed E-state index contributed by atoms with van der Waals surface area (Å²) in [6.07, 6.45) is 5.85. The van der Waals surface area contributed by atoms with Crippen molar-refractivity contribution in [1.82, 2.24) is 10.2 Å². The third-order valence-corrected chi connectivity index (χ3v) is 5.56. The highest BCUT2D eigenvalue weighted by Crippen LogP contribution is 2.47. The predicted molar refractivity (Wildman–Crippen MR) is 84.2 cm³/mol. The van der Waals surface area contributed by atoms with Crippen LogP contribution in [0.4, 0.5) is 4.79 Å². The topological polar surface area (TPSA) is 61.8 Å². The van der Waals surface area contributed by atoms with Gasteiger partial charge in [-0.15, -0.1) is 0 Å². The van der Waals surface area contributed by atoms with Crippen LogP contribution < -0.4 is 5.32 Å². The van der Waals surface area contributed by atoms with Crippen LogP contribution in [0.25, 0.3) is 0 Å². The molecule has 4 atom stereocenters. The highest BCUT2D eigenvalue weighted by molar-refractivity contribution is 5.75. The van der Waals surface area contributed by atoms with Gasteiger partial charge >= 0.3 is 6.03 Å². The third kappa shape index (κ3) is 3.35. The van der Waals surface area contributed by atoms with Crippen LogP contribution in [0.5, 0.6) is 0 Å². The van der Waals surface area contributed by atoms with Crippen LogP contribution in [-0.2, 0) is 4.79 Å². The van der Waals surface area contributed by atoms with Gasteiger partial charge in [0.25, 0.3) is 0 Å². The summed E-state index contributed by atoms with van der Waals surface area (Å²) in [6, 6.07) is 0.260. The van der Waals surface area contributed by atoms with Gasteiger partial charge in [-0.2, -0.15) is 0 Å². The summed E-state index contributed by atoms with van der Waals surface area (Å²) in [5.74, 6) is 1.53. The molecule has 122 valence electrons. The van der Waals surface area contributed by atoms with Crippen molar-refractivity contribution in [2.45, 2.75) is 52.5 Å². The van der Waals surface area contributed by atoms with Gasteiger partial charge < -0.3 is 10.2 Å². The number of rotatable bonds is 3. The van der Waals surface area contributed by atoms with Crippen molar-refractivity contribution in [3.8, 4) is 0 Å². The number of carbonyl (C=O) groups excluding carboxylic acids is 2. The van der Waals surface area contributed by atoms with E-state index in [0.29, 0.717) is 6.54 Å². The lowest BCUT2D eigenvalue weighted by Crippen LogP contribution is -2.51. The van der Waals surface area contributed by atoms with E-state index in [9.17, 15) is 9.59 Å². The normalized spacial score (nSPS) is 38.9. The van der Waals surface area contributed by atoms with Crippen LogP contribution in [0.1, 0.15) is 46.5 Å². The number of amides is 2. The van der Waals surface area contributed by atoms with Gasteiger partial charge in [0.15, 0.2) is 0 Å². The molecule has 3 aliphatic rings. The number of hydrogen-bond donors (Lipinski definition) is 1. The molecule has 1 heterocycles. The van der Waals surface area contributed by atoms with E-state index in [-0.39, 0.29) is 22.9 Å². The SMILES string of the molecule is CC1(C)CC(NC(=O)N2CC3CC3C2)CC(C)(CN=C=O)C1. The fraction of sp³-hybridized carbons (Fsp3) is 0.882. The van der Waals surface area contributed by atoms with Crippen molar-refractivity contribution in [3.63, 3.8) is 0 Å². The molecule has 5 nitrogen and oxygen atoms in total. The lowest BCUT2D eigenvalue weighted by atomic mass is 9.62. The van der Waals surface area contributed by atoms with Gasteiger partial charge in [-0.1, -0.05) is 20.8 Å². The van der Waals surface area contributed by atoms with Crippen LogP contribution in [-0.4, -0.2) is 42.7 Å². The van der Waals surface area contributed by atoms with Crippen LogP contribution >= 0.6 is 0 Å². The number of isocyanates is 1. The highest BCUT2D eigenvalue weighted by atomic mass is 16.2. The largest absolute Gasteiger partial charge is 0.335 e. The Morgan fingerprint density at radius 2 is 1.95 bits per heavy atom. The first-order valence-corrected chi connectivity index (χ1v) is 8.39. The fourth-order valence-electron chi connectivity index (χ4n) is 4.91. The summed E-state index contributed by atoms with van der Waals surface area (Å²) in [4.78, 5) is 28.7. The number of nitrogens with zero attached hydrogens (tertiary/aromatic N) is 2. The molecule has 2 saturated carbocycles. The summed E-state index contributed by atoms with van der Waals surface area (Å²) in [5.41, 5.74) is 0.112. The molecule has 0 radical (unpaired) electrons. The number of aliphatic imine (C=N–C) groups is 1. The number of carbonyl (C=O) groups is 1. The first kappa shape index (κ1) is 15.5. The molecule has 1 N–H and O–H groups in total. The smallest absolute Gasteiger partial charge is 0.317 e. The van der Waals surface area contributed by atoms with Crippen molar-refractivity contribution >= 4 is 12.1 Å². The van der Waals surface area contributed by atoms with E-state index < -0.39 is 0 Å². The molecule has 2 aliphatic carbocycles. The summed E-state index contributed by atoms with van der Waals surface area (Å²) in [5, 5.41) is 3.24. The Morgan fingerprint density at radius 1 is 1.27 bits per heavy atom. The van der Waals surface area contributed by atoms with Crippen LogP contribution in [0.2, 0.25) is 0 Å². The molecule has 5 heteroatoms. The molecule has 0 aromatic rings. The standard InChI is InChI=1S/C17H27N3O2/c1-16(2)5-14(6-17(3,9-16)10-18-11-21)19-15(22)20-7-12-4-13(12)8-20/h12-14H,4-10H2,1-3H3,(H,19,22). The summed E-state index contributed by atoms with van der Waals surface area (Å²) >= 11 is 0. The summed E-state index contributed by atoms with van der Waals surface area (Å²) in [7, 11) is 0. The number of likely N-dealkylation sites (tertiary alicyclic amines) is 1. The minimum Gasteiger partial charge on any atom is -0.335 e. The Labute approximate surface area is 132 Å². The molecular formula is C17H27N3O2. The van der Waals surface area contributed by atoms with Gasteiger partial charge in [0, 0.05) is 19.1 Å². The van der Waals surface area contributed by atoms with E-state index in [4.69, 9.17) is 0 Å². The Balaban J connectivity index is 1.61. The Bertz CT molecular complexity index is 502. The molecular weight excluding hydrogens is 278 g/mol. The van der Waals surface area contributed by atoms with E-state index in [1.54, 1.807) is 6.08 Å². The van der Waals surface area contributed by atoms with Crippen molar-refractivity contribution in [3.05, 3.63) is 0 Å². The molecule has 3 rings (SSSR count). The van der Waals surface area contributed by atoms with Gasteiger partial charge in [0.1, 0.15) is 0 Å². The maximum absolute atomic E-state index is 12.4. The highest BCUT2D eigenvalue weighted by Gasteiger charge is 2.47. The van der Waals surface area contributed by atoms with Crippen molar-refractivity contribution < 1.29 is 9.59 Å². The second-order valence-electron chi connectivity index (χ2n) is 8.77. The van der Waals surface area contributed by atoms with Gasteiger partial charge in [-0.3, -0.25) is 0 Å². The minimum absolute atomic E-state index is 0.0374. The van der Waals surface area contributed by atoms with E-state index in [1.165, 1.54) is 6.42 Å². The monoisotopic (exact) mass is 305 g/mol. The molecule has 0 spiro atoms. The molecule has 4 unspecified atom stereocenters. The zero-order valence-electron chi connectivity index (χ0n) is 13.9. The van der Waals surface area contributed by atoms with Gasteiger partial charge in [0.2, 0.25) is 6.08 Å². The maximum atomic E-state index is 12.4. The van der Waals surface area contributed by atoms with Gasteiger partial charge in [-0.25, -0.2) is 14.6 Å². The zero-order valence-corrected chi connectivity index (χ0v) is 13.9. The van der Waals surface area contributed by atoms with Crippen molar-refractivity contribution in [2.24, 2.45) is 27.7 Å². The molecule has 2 amide bonds. The van der Waals surface area contributed by atoms with E-state index in [0.717, 1.165) is 44.2 Å². The zero-order chi connectivity index (χ0) is 16.0. The Hall–Kier alpha value is -1.35. The third-order valence-electron chi connectivity index (χ3n) is 5.56. The van der Waals surface area contributed by atoms with Crippen LogP contribution in [0.3, 0.4) is 0 Å². The molecule has 0 aromatic carbocycles. The molecule has 1 aliphatic heterocycles. The molecule has 0 bridgehead atoms. The number of fused-ring (bicyclic) bond motifs is 1. The lowest BCUT2D eigenvalue weighted by Gasteiger charge is -2.46. The van der Waals surface area contributed by atoms with E-state index >= 15 is 0 Å². The van der Waals surface area contributed by atoms with Crippen LogP contribution in [0.15, 0.2) is 4.99 Å². The van der Waals surface area contributed by atoms with Crippen molar-refractivity contribution in [2.75, 3.05) is 19.6 Å². The summed E-state index contributed by atoms with van der Waals surface area (Å²) in [6.45, 7) is 9.00. The first-order chi connectivity index (χ1) is 10.3. The lowest BCUT2D eigenvalue weighted by molar-refractivity contribution is 0.0781. The molecule has 1 saturated heterocycles. The second kappa shape index (κ2) is 5.38.